The minimum atomic E-state index is -0.618. The Kier molecular flexibility index (Phi) is 5.29. The van der Waals surface area contributed by atoms with Gasteiger partial charge in [-0.25, -0.2) is 4.39 Å². The number of anilines is 2. The molecule has 0 radical (unpaired) electrons. The van der Waals surface area contributed by atoms with Crippen LogP contribution in [-0.2, 0) is 0 Å². The molecule has 4 nitrogen and oxygen atoms in total. The van der Waals surface area contributed by atoms with Crippen LogP contribution in [0.25, 0.3) is 0 Å². The monoisotopic (exact) mass is 368 g/mol. The molecule has 0 aromatic heterocycles. The van der Waals surface area contributed by atoms with Crippen LogP contribution >= 0.6 is 11.6 Å². The summed E-state index contributed by atoms with van der Waals surface area (Å²) in [5.41, 5.74) is 1.11. The quantitative estimate of drug-likeness (QED) is 0.682. The zero-order valence-electron chi connectivity index (χ0n) is 13.5. The molecule has 6 heteroatoms. The van der Waals surface area contributed by atoms with Gasteiger partial charge in [-0.05, 0) is 48.5 Å². The molecule has 3 aromatic rings. The van der Waals surface area contributed by atoms with Crippen molar-refractivity contribution < 1.29 is 14.0 Å². The third kappa shape index (κ3) is 4.07. The molecule has 3 aromatic carbocycles. The van der Waals surface area contributed by atoms with Crippen LogP contribution in [0.5, 0.6) is 0 Å². The molecule has 0 atom stereocenters. The second-order valence-electron chi connectivity index (χ2n) is 5.44. The van der Waals surface area contributed by atoms with E-state index in [1.54, 1.807) is 54.6 Å². The number of para-hydroxylation sites is 2. The van der Waals surface area contributed by atoms with Crippen molar-refractivity contribution in [2.24, 2.45) is 0 Å². The van der Waals surface area contributed by atoms with Crippen LogP contribution in [0.2, 0.25) is 5.02 Å². The zero-order valence-corrected chi connectivity index (χ0v) is 14.3. The van der Waals surface area contributed by atoms with Gasteiger partial charge in [0.2, 0.25) is 0 Å². The van der Waals surface area contributed by atoms with Gasteiger partial charge < -0.3 is 10.6 Å². The first-order chi connectivity index (χ1) is 12.5. The van der Waals surface area contributed by atoms with Gasteiger partial charge in [0.1, 0.15) is 5.82 Å². The van der Waals surface area contributed by atoms with E-state index >= 15 is 0 Å². The number of amides is 2. The van der Waals surface area contributed by atoms with Gasteiger partial charge in [-0.1, -0.05) is 35.9 Å². The maximum Gasteiger partial charge on any atom is 0.258 e. The zero-order chi connectivity index (χ0) is 18.5. The number of hydrogen-bond donors (Lipinski definition) is 2. The Bertz CT molecular complexity index is 958. The first kappa shape index (κ1) is 17.6. The lowest BCUT2D eigenvalue weighted by atomic mass is 10.1. The Balaban J connectivity index is 1.80. The molecule has 0 unspecified atom stereocenters. The van der Waals surface area contributed by atoms with Crippen LogP contribution in [0.4, 0.5) is 15.8 Å². The fourth-order valence-corrected chi connectivity index (χ4v) is 2.46. The van der Waals surface area contributed by atoms with Crippen molar-refractivity contribution in [1.82, 2.24) is 0 Å². The molecule has 0 saturated carbocycles. The lowest BCUT2D eigenvalue weighted by Crippen LogP contribution is -2.17. The molecule has 0 saturated heterocycles. The van der Waals surface area contributed by atoms with Crippen molar-refractivity contribution in [2.75, 3.05) is 10.6 Å². The maximum absolute atomic E-state index is 13.8. The van der Waals surface area contributed by atoms with Gasteiger partial charge in [-0.2, -0.15) is 0 Å². The first-order valence-corrected chi connectivity index (χ1v) is 8.14. The molecule has 26 heavy (non-hydrogen) atoms. The summed E-state index contributed by atoms with van der Waals surface area (Å²) in [6.07, 6.45) is 0. The minimum Gasteiger partial charge on any atom is -0.320 e. The average molecular weight is 369 g/mol. The number of hydrogen-bond acceptors (Lipinski definition) is 2. The maximum atomic E-state index is 13.8. The van der Waals surface area contributed by atoms with E-state index in [0.29, 0.717) is 22.0 Å². The Hall–Kier alpha value is -3.18. The van der Waals surface area contributed by atoms with Gasteiger partial charge in [-0.15, -0.1) is 0 Å². The molecule has 3 rings (SSSR count). The topological polar surface area (TPSA) is 58.2 Å². The van der Waals surface area contributed by atoms with E-state index < -0.39 is 11.7 Å². The highest BCUT2D eigenvalue weighted by molar-refractivity contribution is 6.30. The molecule has 0 heterocycles. The molecule has 2 amide bonds. The van der Waals surface area contributed by atoms with E-state index in [9.17, 15) is 14.0 Å². The molecule has 0 aliphatic heterocycles. The van der Waals surface area contributed by atoms with Crippen LogP contribution in [0.15, 0.2) is 72.8 Å². The third-order valence-corrected chi connectivity index (χ3v) is 3.90. The van der Waals surface area contributed by atoms with Gasteiger partial charge in [0.15, 0.2) is 0 Å². The number of nitrogens with one attached hydrogen (secondary N) is 2. The fourth-order valence-electron chi connectivity index (χ4n) is 2.33. The molecule has 0 spiro atoms. The molecule has 0 aliphatic rings. The summed E-state index contributed by atoms with van der Waals surface area (Å²) in [4.78, 5) is 24.7. The van der Waals surface area contributed by atoms with Gasteiger partial charge in [0.05, 0.1) is 16.9 Å². The van der Waals surface area contributed by atoms with Crippen LogP contribution in [-0.4, -0.2) is 11.8 Å². The van der Waals surface area contributed by atoms with Gasteiger partial charge in [-0.3, -0.25) is 9.59 Å². The SMILES string of the molecule is O=C(Nc1ccccc1NC(=O)c1ccccc1F)c1ccc(Cl)cc1. The van der Waals surface area contributed by atoms with Gasteiger partial charge >= 0.3 is 0 Å². The Morgan fingerprint density at radius 1 is 0.731 bits per heavy atom. The molecule has 2 N–H and O–H groups in total. The molecular weight excluding hydrogens is 355 g/mol. The summed E-state index contributed by atoms with van der Waals surface area (Å²) < 4.78 is 13.8. The van der Waals surface area contributed by atoms with Crippen LogP contribution < -0.4 is 10.6 Å². The van der Waals surface area contributed by atoms with Gasteiger partial charge in [0, 0.05) is 10.6 Å². The highest BCUT2D eigenvalue weighted by atomic mass is 35.5. The summed E-state index contributed by atoms with van der Waals surface area (Å²) >= 11 is 5.82. The number of benzene rings is 3. The molecule has 0 fully saturated rings. The highest BCUT2D eigenvalue weighted by Gasteiger charge is 2.14. The van der Waals surface area contributed by atoms with Crippen molar-refractivity contribution in [3.8, 4) is 0 Å². The highest BCUT2D eigenvalue weighted by Crippen LogP contribution is 2.23. The van der Waals surface area contributed by atoms with E-state index in [2.05, 4.69) is 10.6 Å². The van der Waals surface area contributed by atoms with Crippen LogP contribution in [0.1, 0.15) is 20.7 Å². The molecular formula is C20H14ClFN2O2. The summed E-state index contributed by atoms with van der Waals surface area (Å²) in [6.45, 7) is 0. The van der Waals surface area contributed by atoms with Crippen molar-refractivity contribution in [1.29, 1.82) is 0 Å². The summed E-state index contributed by atoms with van der Waals surface area (Å²) in [5.74, 6) is -1.57. The normalized spacial score (nSPS) is 10.2. The van der Waals surface area contributed by atoms with E-state index in [1.807, 2.05) is 0 Å². The predicted octanol–water partition coefficient (Wildman–Crippen LogP) is 4.98. The lowest BCUT2D eigenvalue weighted by Gasteiger charge is -2.12. The number of carbonyl (C=O) groups is 2. The molecule has 0 bridgehead atoms. The first-order valence-electron chi connectivity index (χ1n) is 7.76. The average Bonchev–Trinajstić information content (AvgIpc) is 2.64. The smallest absolute Gasteiger partial charge is 0.258 e. The lowest BCUT2D eigenvalue weighted by molar-refractivity contribution is 0.101. The van der Waals surface area contributed by atoms with Crippen molar-refractivity contribution in [2.45, 2.75) is 0 Å². The number of carbonyl (C=O) groups excluding carboxylic acids is 2. The van der Waals surface area contributed by atoms with E-state index in [-0.39, 0.29) is 11.5 Å². The van der Waals surface area contributed by atoms with Crippen LogP contribution in [0, 0.1) is 5.82 Å². The van der Waals surface area contributed by atoms with Crippen LogP contribution in [0.3, 0.4) is 0 Å². The third-order valence-electron chi connectivity index (χ3n) is 3.65. The Morgan fingerprint density at radius 3 is 1.88 bits per heavy atom. The van der Waals surface area contributed by atoms with Crippen molar-refractivity contribution in [3.63, 3.8) is 0 Å². The largest absolute Gasteiger partial charge is 0.320 e. The standard InChI is InChI=1S/C20H14ClFN2O2/c21-14-11-9-13(10-12-14)19(25)23-17-7-3-4-8-18(17)24-20(26)15-5-1-2-6-16(15)22/h1-12H,(H,23,25)(H,24,26). The second-order valence-corrected chi connectivity index (χ2v) is 5.88. The van der Waals surface area contributed by atoms with E-state index in [1.165, 1.54) is 18.2 Å². The summed E-state index contributed by atoms with van der Waals surface area (Å²) in [7, 11) is 0. The number of rotatable bonds is 4. The van der Waals surface area contributed by atoms with Crippen molar-refractivity contribution in [3.05, 3.63) is 94.8 Å². The Labute approximate surface area is 154 Å². The predicted molar refractivity (Wildman–Crippen MR) is 100 cm³/mol. The van der Waals surface area contributed by atoms with E-state index in [4.69, 9.17) is 11.6 Å². The second kappa shape index (κ2) is 7.80. The van der Waals surface area contributed by atoms with E-state index in [0.717, 1.165) is 0 Å². The van der Waals surface area contributed by atoms with Crippen molar-refractivity contribution >= 4 is 34.8 Å². The number of halogens is 2. The molecule has 0 aliphatic carbocycles. The minimum absolute atomic E-state index is 0.0775. The Morgan fingerprint density at radius 2 is 1.27 bits per heavy atom. The summed E-state index contributed by atoms with van der Waals surface area (Å²) in [6, 6.07) is 18.8. The summed E-state index contributed by atoms with van der Waals surface area (Å²) in [5, 5.41) is 5.87. The van der Waals surface area contributed by atoms with Gasteiger partial charge in [0.25, 0.3) is 11.8 Å². The molecule has 130 valence electrons. The fraction of sp³-hybridized carbons (Fsp3) is 0.